The van der Waals surface area contributed by atoms with E-state index in [0.29, 0.717) is 24.7 Å². The largest absolute Gasteiger partial charge is 0.491 e. The lowest BCUT2D eigenvalue weighted by Gasteiger charge is -2.07. The zero-order valence-corrected chi connectivity index (χ0v) is 11.6. The second-order valence-corrected chi connectivity index (χ2v) is 4.24. The van der Waals surface area contributed by atoms with Gasteiger partial charge in [0.05, 0.1) is 6.61 Å². The minimum atomic E-state index is -0.454. The van der Waals surface area contributed by atoms with Crippen molar-refractivity contribution in [2.45, 2.75) is 0 Å². The first-order chi connectivity index (χ1) is 10.2. The summed E-state index contributed by atoms with van der Waals surface area (Å²) in [5.41, 5.74) is 0.325. The highest BCUT2D eigenvalue weighted by molar-refractivity contribution is 6.03. The van der Waals surface area contributed by atoms with Crippen LogP contribution in [0.3, 0.4) is 0 Å². The number of hydrogen-bond donors (Lipinski definition) is 2. The van der Waals surface area contributed by atoms with Gasteiger partial charge >= 0.3 is 0 Å². The third-order valence-corrected chi connectivity index (χ3v) is 2.74. The molecule has 2 aromatic rings. The van der Waals surface area contributed by atoms with Gasteiger partial charge < -0.3 is 19.8 Å². The van der Waals surface area contributed by atoms with Crippen LogP contribution in [0.25, 0.3) is 0 Å². The average molecular weight is 288 g/mol. The van der Waals surface area contributed by atoms with Crippen molar-refractivity contribution in [1.82, 2.24) is 4.98 Å². The molecule has 6 nitrogen and oxygen atoms in total. The van der Waals surface area contributed by atoms with Crippen LogP contribution in [0.1, 0.15) is 10.4 Å². The highest BCUT2D eigenvalue weighted by atomic mass is 16.5. The van der Waals surface area contributed by atoms with Crippen LogP contribution in [0.5, 0.6) is 5.75 Å². The summed E-state index contributed by atoms with van der Waals surface area (Å²) in [6.45, 7) is 0.969. The maximum Gasteiger partial charge on any atom is 0.261 e. The van der Waals surface area contributed by atoms with Crippen LogP contribution in [0.2, 0.25) is 0 Å². The van der Waals surface area contributed by atoms with Gasteiger partial charge in [-0.1, -0.05) is 0 Å². The van der Waals surface area contributed by atoms with Crippen molar-refractivity contribution >= 4 is 11.6 Å². The Morgan fingerprint density at radius 1 is 1.19 bits per heavy atom. The van der Waals surface area contributed by atoms with Gasteiger partial charge in [0.25, 0.3) is 5.91 Å². The summed E-state index contributed by atoms with van der Waals surface area (Å²) in [5, 5.41) is 2.65. The van der Waals surface area contributed by atoms with E-state index in [-0.39, 0.29) is 11.0 Å². The lowest BCUT2D eigenvalue weighted by molar-refractivity contribution is 0.102. The number of amides is 1. The van der Waals surface area contributed by atoms with Gasteiger partial charge in [-0.05, 0) is 24.3 Å². The Hall–Kier alpha value is -2.60. The molecule has 0 bridgehead atoms. The molecule has 0 atom stereocenters. The normalized spacial score (nSPS) is 10.1. The van der Waals surface area contributed by atoms with Gasteiger partial charge in [0.15, 0.2) is 5.43 Å². The molecular weight excluding hydrogens is 272 g/mol. The molecule has 6 heteroatoms. The van der Waals surface area contributed by atoms with Gasteiger partial charge in [0.2, 0.25) is 0 Å². The molecule has 21 heavy (non-hydrogen) atoms. The first-order valence-electron chi connectivity index (χ1n) is 6.41. The fourth-order valence-electron chi connectivity index (χ4n) is 1.67. The summed E-state index contributed by atoms with van der Waals surface area (Å²) in [6.07, 6.45) is 2.85. The molecule has 0 aliphatic carbocycles. The first kappa shape index (κ1) is 14.8. The third-order valence-electron chi connectivity index (χ3n) is 2.74. The van der Waals surface area contributed by atoms with Crippen LogP contribution < -0.4 is 15.5 Å². The molecule has 1 amide bonds. The Labute approximate surface area is 121 Å². The van der Waals surface area contributed by atoms with Gasteiger partial charge in [-0.25, -0.2) is 0 Å². The quantitative estimate of drug-likeness (QED) is 0.792. The number of hydrogen-bond acceptors (Lipinski definition) is 4. The second kappa shape index (κ2) is 7.25. The molecule has 0 saturated heterocycles. The third kappa shape index (κ3) is 4.19. The molecule has 0 aliphatic rings. The molecule has 0 saturated carbocycles. The first-order valence-corrected chi connectivity index (χ1v) is 6.41. The molecule has 2 rings (SSSR count). The summed E-state index contributed by atoms with van der Waals surface area (Å²) in [4.78, 5) is 26.2. The van der Waals surface area contributed by atoms with E-state index in [0.717, 1.165) is 0 Å². The van der Waals surface area contributed by atoms with Crippen LogP contribution in [0, 0.1) is 0 Å². The number of pyridine rings is 1. The summed E-state index contributed by atoms with van der Waals surface area (Å²) in [6, 6.07) is 8.19. The fourth-order valence-corrected chi connectivity index (χ4v) is 1.67. The van der Waals surface area contributed by atoms with E-state index in [1.165, 1.54) is 18.5 Å². The second-order valence-electron chi connectivity index (χ2n) is 4.24. The van der Waals surface area contributed by atoms with E-state index in [9.17, 15) is 9.59 Å². The lowest BCUT2D eigenvalue weighted by atomic mass is 10.2. The molecule has 0 unspecified atom stereocenters. The maximum absolute atomic E-state index is 12.0. The molecule has 1 aromatic carbocycles. The number of nitrogens with one attached hydrogen (secondary N) is 2. The van der Waals surface area contributed by atoms with Gasteiger partial charge in [-0.15, -0.1) is 0 Å². The monoisotopic (exact) mass is 288 g/mol. The number of H-pyrrole nitrogens is 1. The molecular formula is C15H16N2O4. The number of methoxy groups -OCH3 is 1. The Kier molecular flexibility index (Phi) is 5.11. The summed E-state index contributed by atoms with van der Waals surface area (Å²) in [5.74, 6) is 0.229. The average Bonchev–Trinajstić information content (AvgIpc) is 2.49. The zero-order chi connectivity index (χ0) is 15.1. The van der Waals surface area contributed by atoms with Crippen molar-refractivity contribution in [2.24, 2.45) is 0 Å². The number of benzene rings is 1. The fraction of sp³-hybridized carbons (Fsp3) is 0.200. The van der Waals surface area contributed by atoms with E-state index in [1.54, 1.807) is 31.4 Å². The number of rotatable bonds is 6. The summed E-state index contributed by atoms with van der Waals surface area (Å²) >= 11 is 0. The molecule has 0 fully saturated rings. The highest BCUT2D eigenvalue weighted by Gasteiger charge is 2.09. The maximum atomic E-state index is 12.0. The number of anilines is 1. The van der Waals surface area contributed by atoms with E-state index in [2.05, 4.69) is 10.3 Å². The van der Waals surface area contributed by atoms with Gasteiger partial charge in [-0.2, -0.15) is 0 Å². The SMILES string of the molecule is COCCOc1ccc(NC(=O)c2c[nH]ccc2=O)cc1. The van der Waals surface area contributed by atoms with Crippen molar-refractivity contribution in [3.63, 3.8) is 0 Å². The number of ether oxygens (including phenoxy) is 2. The molecule has 110 valence electrons. The van der Waals surface area contributed by atoms with Crippen molar-refractivity contribution in [3.8, 4) is 5.75 Å². The van der Waals surface area contributed by atoms with Crippen LogP contribution in [-0.4, -0.2) is 31.2 Å². The highest BCUT2D eigenvalue weighted by Crippen LogP contribution is 2.16. The topological polar surface area (TPSA) is 80.4 Å². The molecule has 0 radical (unpaired) electrons. The van der Waals surface area contributed by atoms with Crippen LogP contribution in [-0.2, 0) is 4.74 Å². The van der Waals surface area contributed by atoms with E-state index in [4.69, 9.17) is 9.47 Å². The number of carbonyl (C=O) groups is 1. The molecule has 0 spiro atoms. The van der Waals surface area contributed by atoms with Crippen LogP contribution in [0.15, 0.2) is 47.5 Å². The van der Waals surface area contributed by atoms with Crippen molar-refractivity contribution in [2.75, 3.05) is 25.6 Å². The predicted molar refractivity (Wildman–Crippen MR) is 78.8 cm³/mol. The minimum Gasteiger partial charge on any atom is -0.491 e. The Bertz CT molecular complexity index is 649. The van der Waals surface area contributed by atoms with Gasteiger partial charge in [0, 0.05) is 31.3 Å². The molecule has 1 heterocycles. The van der Waals surface area contributed by atoms with E-state index in [1.807, 2.05) is 0 Å². The molecule has 1 aromatic heterocycles. The predicted octanol–water partition coefficient (Wildman–Crippen LogP) is 1.65. The standard InChI is InChI=1S/C15H16N2O4/c1-20-8-9-21-12-4-2-11(3-5-12)17-15(19)13-10-16-7-6-14(13)18/h2-7,10H,8-9H2,1H3,(H,16,18)(H,17,19). The number of carbonyl (C=O) groups excluding carboxylic acids is 1. The Morgan fingerprint density at radius 3 is 2.62 bits per heavy atom. The number of aromatic amines is 1. The summed E-state index contributed by atoms with van der Waals surface area (Å²) in [7, 11) is 1.60. The zero-order valence-electron chi connectivity index (χ0n) is 11.6. The Morgan fingerprint density at radius 2 is 1.95 bits per heavy atom. The summed E-state index contributed by atoms with van der Waals surface area (Å²) < 4.78 is 10.3. The van der Waals surface area contributed by atoms with E-state index >= 15 is 0 Å². The minimum absolute atomic E-state index is 0.0675. The van der Waals surface area contributed by atoms with Crippen molar-refractivity contribution in [1.29, 1.82) is 0 Å². The van der Waals surface area contributed by atoms with E-state index < -0.39 is 5.91 Å². The lowest BCUT2D eigenvalue weighted by Crippen LogP contribution is -2.20. The van der Waals surface area contributed by atoms with Crippen molar-refractivity contribution in [3.05, 3.63) is 58.5 Å². The van der Waals surface area contributed by atoms with Crippen molar-refractivity contribution < 1.29 is 14.3 Å². The van der Waals surface area contributed by atoms with Crippen LogP contribution in [0.4, 0.5) is 5.69 Å². The smallest absolute Gasteiger partial charge is 0.261 e. The van der Waals surface area contributed by atoms with Crippen LogP contribution >= 0.6 is 0 Å². The number of aromatic nitrogens is 1. The van der Waals surface area contributed by atoms with Gasteiger partial charge in [0.1, 0.15) is 17.9 Å². The van der Waals surface area contributed by atoms with Gasteiger partial charge in [-0.3, -0.25) is 9.59 Å². The molecule has 2 N–H and O–H groups in total. The Balaban J connectivity index is 1.99. The molecule has 0 aliphatic heterocycles.